The first-order valence-corrected chi connectivity index (χ1v) is 12.8. The largest absolute Gasteiger partial charge is 0.305 e. The fraction of sp³-hybridized carbons (Fsp3) is 0.171. The normalized spacial score (nSPS) is 19.4. The molecule has 44 heavy (non-hydrogen) atoms. The zero-order valence-electron chi connectivity index (χ0n) is 47.6. The van der Waals surface area contributed by atoms with Crippen LogP contribution in [0.4, 0.5) is 0 Å². The van der Waals surface area contributed by atoms with Gasteiger partial charge in [-0.15, -0.1) is 65.1 Å². The molecule has 2 aromatic heterocycles. The third kappa shape index (κ3) is 8.92. The maximum Gasteiger partial charge on any atom is 0.0830 e. The van der Waals surface area contributed by atoms with Crippen LogP contribution in [-0.2, 0) is 26.5 Å². The van der Waals surface area contributed by atoms with Crippen LogP contribution in [-0.4, -0.2) is 9.97 Å². The molecule has 0 N–H and O–H groups in total. The molecular formula is C41H38IrN2-2. The van der Waals surface area contributed by atoms with Crippen LogP contribution in [0, 0.1) is 31.3 Å². The Balaban J connectivity index is 0.000000295. The van der Waals surface area contributed by atoms with E-state index in [-0.39, 0.29) is 53.5 Å². The Morgan fingerprint density at radius 1 is 0.773 bits per heavy atom. The molecule has 0 aliphatic carbocycles. The van der Waals surface area contributed by atoms with E-state index < -0.39 is 145 Å². The van der Waals surface area contributed by atoms with Gasteiger partial charge in [0.15, 0.2) is 0 Å². The molecule has 4 aromatic carbocycles. The van der Waals surface area contributed by atoms with Crippen molar-refractivity contribution in [1.29, 1.82) is 0 Å². The van der Waals surface area contributed by atoms with Gasteiger partial charge in [-0.25, -0.2) is 0 Å². The Morgan fingerprint density at radius 3 is 2.27 bits per heavy atom. The second-order valence-electron chi connectivity index (χ2n) is 9.93. The summed E-state index contributed by atoms with van der Waals surface area (Å²) in [7, 11) is 0. The van der Waals surface area contributed by atoms with Crippen LogP contribution in [0.15, 0.2) is 127 Å². The number of pyridine rings is 2. The first-order chi connectivity index (χ1) is 30.6. The molecule has 0 bridgehead atoms. The summed E-state index contributed by atoms with van der Waals surface area (Å²) in [5.74, 6) is 0. The van der Waals surface area contributed by atoms with E-state index in [4.69, 9.17) is 32.9 Å². The monoisotopic (exact) mass is 775 g/mol. The molecule has 0 amide bonds. The molecule has 0 saturated heterocycles. The fourth-order valence-corrected chi connectivity index (χ4v) is 3.59. The second-order valence-corrected chi connectivity index (χ2v) is 9.93. The minimum atomic E-state index is -2.63. The molecule has 2 nitrogen and oxygen atoms in total. The van der Waals surface area contributed by atoms with Gasteiger partial charge in [0.1, 0.15) is 0 Å². The standard InChI is InChI=1S/C22H22N.C19H16N.Ir/c1-22(2,3)16-17-9-11-18(12-10-17)20-13-14-23-21(15-20)19-7-5-4-6-8-19;1-14-8-11-19(20-13-14)17-10-9-15(2)18(12-17)16-6-4-3-5-7-16;/h4-7,9-15H,16H2,1-3H3;3-9,11-13H,1-2H3;/q2*-1;/i4D,5D,6D,7D,9D,10D,11D,12D,13D,14D,15D,16D2;1D3,2D3,3D,4D,5D,6D,7D;. The van der Waals surface area contributed by atoms with Crippen molar-refractivity contribution in [3.63, 3.8) is 0 Å². The van der Waals surface area contributed by atoms with Crippen molar-refractivity contribution in [2.45, 2.75) is 40.8 Å². The average Bonchev–Trinajstić information content (AvgIpc) is 3.23. The summed E-state index contributed by atoms with van der Waals surface area (Å²) in [5, 5.41) is 0. The SMILES string of the molecule is [2H]c1[c-]c(-c2nc([2H])c([2H])c(-c3c([2H])c([2H])c(C([2H])([2H])C(C)(C)C)c([2H])c3[2H])c2[2H])c([2H])c([2H])c1[2H].[2H]c1c([2H])c([2H])c(-c2cc(-c3ccc(C([2H])([2H])[2H])cn3)[c-]cc2C([2H])([2H])[2H])c([2H])c1[2H].[Ir]. The van der Waals surface area contributed by atoms with Crippen LogP contribution in [0.2, 0.25) is 0 Å². The van der Waals surface area contributed by atoms with Crippen molar-refractivity contribution in [3.05, 3.63) is 156 Å². The summed E-state index contributed by atoms with van der Waals surface area (Å²) in [4.78, 5) is 7.94. The summed E-state index contributed by atoms with van der Waals surface area (Å²) in [5.41, 5.74) is -3.29. The fourth-order valence-electron chi connectivity index (χ4n) is 3.59. The first kappa shape index (κ1) is 13.4. The molecule has 6 rings (SSSR count). The van der Waals surface area contributed by atoms with Crippen molar-refractivity contribution in [1.82, 2.24) is 9.97 Å². The third-order valence-electron chi connectivity index (χ3n) is 5.46. The van der Waals surface area contributed by atoms with Gasteiger partial charge >= 0.3 is 0 Å². The molecule has 2 heterocycles. The van der Waals surface area contributed by atoms with Crippen molar-refractivity contribution < 1.29 is 53.0 Å². The average molecular weight is 775 g/mol. The van der Waals surface area contributed by atoms with Crippen LogP contribution < -0.4 is 0 Å². The molecule has 0 aliphatic heterocycles. The third-order valence-corrected chi connectivity index (χ3v) is 5.46. The predicted molar refractivity (Wildman–Crippen MR) is 181 cm³/mol. The molecule has 0 spiro atoms. The molecule has 0 fully saturated rings. The van der Waals surface area contributed by atoms with E-state index >= 15 is 0 Å². The number of nitrogens with zero attached hydrogens (tertiary/aromatic N) is 2. The maximum atomic E-state index is 8.66. The number of aromatic nitrogens is 2. The molecule has 0 aliphatic rings. The number of hydrogen-bond donors (Lipinski definition) is 0. The van der Waals surface area contributed by atoms with E-state index in [9.17, 15) is 0 Å². The minimum Gasteiger partial charge on any atom is -0.305 e. The van der Waals surface area contributed by atoms with Crippen molar-refractivity contribution >= 4 is 0 Å². The quantitative estimate of drug-likeness (QED) is 0.163. The molecular weight excluding hydrogens is 713 g/mol. The number of hydrogen-bond acceptors (Lipinski definition) is 2. The van der Waals surface area contributed by atoms with Gasteiger partial charge in [0.05, 0.1) is 16.4 Å². The number of rotatable bonds is 5. The molecule has 223 valence electrons. The van der Waals surface area contributed by atoms with Crippen LogP contribution in [0.1, 0.15) is 70.4 Å². The van der Waals surface area contributed by atoms with E-state index in [0.29, 0.717) is 5.69 Å². The van der Waals surface area contributed by atoms with E-state index in [0.717, 1.165) is 0 Å². The second kappa shape index (κ2) is 15.0. The van der Waals surface area contributed by atoms with Crippen LogP contribution >= 0.6 is 0 Å². The summed E-state index contributed by atoms with van der Waals surface area (Å²) in [6, 6.07) is 1.23. The Labute approximate surface area is 310 Å². The summed E-state index contributed by atoms with van der Waals surface area (Å²) in [6.07, 6.45) is -1.81. The zero-order valence-corrected chi connectivity index (χ0v) is 26.0. The van der Waals surface area contributed by atoms with Gasteiger partial charge in [0, 0.05) is 46.2 Å². The Morgan fingerprint density at radius 2 is 1.57 bits per heavy atom. The van der Waals surface area contributed by atoms with Gasteiger partial charge < -0.3 is 9.97 Å². The van der Waals surface area contributed by atoms with Crippen molar-refractivity contribution in [2.75, 3.05) is 0 Å². The maximum absolute atomic E-state index is 8.66. The Hall–Kier alpha value is -4.17. The summed E-state index contributed by atoms with van der Waals surface area (Å²) >= 11 is 0. The Bertz CT molecular complexity index is 2900. The van der Waals surface area contributed by atoms with Gasteiger partial charge in [-0.3, -0.25) is 0 Å². The van der Waals surface area contributed by atoms with Crippen LogP contribution in [0.5, 0.6) is 0 Å². The molecule has 0 unspecified atom stereocenters. The topological polar surface area (TPSA) is 25.8 Å². The molecule has 6 aromatic rings. The van der Waals surface area contributed by atoms with E-state index in [1.807, 2.05) is 0 Å². The minimum absolute atomic E-state index is 0. The zero-order chi connectivity index (χ0) is 51.0. The van der Waals surface area contributed by atoms with Gasteiger partial charge in [-0.2, -0.15) is 0 Å². The van der Waals surface area contributed by atoms with Gasteiger partial charge in [0.25, 0.3) is 0 Å². The molecule has 3 heteroatoms. The molecule has 0 atom stereocenters. The van der Waals surface area contributed by atoms with Gasteiger partial charge in [0.2, 0.25) is 0 Å². The smallest absolute Gasteiger partial charge is 0.0830 e. The van der Waals surface area contributed by atoms with Crippen molar-refractivity contribution in [2.24, 2.45) is 5.41 Å². The molecule has 0 saturated carbocycles. The van der Waals surface area contributed by atoms with Crippen LogP contribution in [0.25, 0.3) is 44.8 Å². The number of aryl methyl sites for hydroxylation is 2. The van der Waals surface area contributed by atoms with Crippen LogP contribution in [0.3, 0.4) is 0 Å². The summed E-state index contributed by atoms with van der Waals surface area (Å²) < 4.78 is 193. The van der Waals surface area contributed by atoms with Crippen molar-refractivity contribution in [3.8, 4) is 44.8 Å². The Kier molecular flexibility index (Phi) is 4.59. The summed E-state index contributed by atoms with van der Waals surface area (Å²) in [6.45, 7) is -0.311. The number of benzene rings is 4. The van der Waals surface area contributed by atoms with Gasteiger partial charge in [-0.1, -0.05) is 106 Å². The molecule has 1 radical (unpaired) electrons. The van der Waals surface area contributed by atoms with Gasteiger partial charge in [-0.05, 0) is 66.6 Å². The van der Waals surface area contributed by atoms with E-state index in [2.05, 4.69) is 22.1 Å². The van der Waals surface area contributed by atoms with E-state index in [1.165, 1.54) is 30.5 Å². The van der Waals surface area contributed by atoms with E-state index in [1.54, 1.807) is 20.8 Å². The first-order valence-electron chi connectivity index (χ1n) is 24.8. The predicted octanol–water partition coefficient (Wildman–Crippen LogP) is 10.6.